The quantitative estimate of drug-likeness (QED) is 0.775. The fraction of sp³-hybridized carbons (Fsp3) is 0.364. The van der Waals surface area contributed by atoms with Crippen LogP contribution in [0.15, 0.2) is 42.5 Å². The summed E-state index contributed by atoms with van der Waals surface area (Å²) in [4.78, 5) is 31.1. The molecular weight excluding hydrogens is 390 g/mol. The molecule has 2 aromatic carbocycles. The number of anilines is 2. The molecule has 0 aliphatic carbocycles. The van der Waals surface area contributed by atoms with E-state index >= 15 is 0 Å². The summed E-state index contributed by atoms with van der Waals surface area (Å²) in [6, 6.07) is 13.3. The Hall–Kier alpha value is -2.73. The van der Waals surface area contributed by atoms with Gasteiger partial charge < -0.3 is 14.5 Å². The molecule has 2 heterocycles. The second kappa shape index (κ2) is 8.33. The topological polar surface area (TPSA) is 53.1 Å². The van der Waals surface area contributed by atoms with E-state index in [2.05, 4.69) is 11.8 Å². The molecule has 4 rings (SSSR count). The zero-order chi connectivity index (χ0) is 20.4. The van der Waals surface area contributed by atoms with Crippen molar-refractivity contribution in [3.05, 3.63) is 53.1 Å². The molecule has 0 unspecified atom stereocenters. The molecule has 152 valence electrons. The van der Waals surface area contributed by atoms with Crippen molar-refractivity contribution >= 4 is 34.8 Å². The summed E-state index contributed by atoms with van der Waals surface area (Å²) < 4.78 is 5.66. The molecule has 0 bridgehead atoms. The van der Waals surface area contributed by atoms with Crippen molar-refractivity contribution in [3.63, 3.8) is 0 Å². The zero-order valence-electron chi connectivity index (χ0n) is 16.4. The first-order valence-electron chi connectivity index (χ1n) is 9.84. The van der Waals surface area contributed by atoms with Crippen LogP contribution in [0.2, 0.25) is 5.02 Å². The van der Waals surface area contributed by atoms with Crippen molar-refractivity contribution in [2.75, 3.05) is 49.1 Å². The number of fused-ring (bicyclic) bond motifs is 1. The fourth-order valence-corrected chi connectivity index (χ4v) is 4.01. The van der Waals surface area contributed by atoms with Gasteiger partial charge >= 0.3 is 0 Å². The van der Waals surface area contributed by atoms with Crippen LogP contribution < -0.4 is 14.5 Å². The van der Waals surface area contributed by atoms with Crippen molar-refractivity contribution in [2.24, 2.45) is 0 Å². The highest BCUT2D eigenvalue weighted by molar-refractivity contribution is 6.30. The van der Waals surface area contributed by atoms with Crippen LogP contribution in [0.4, 0.5) is 11.4 Å². The molecule has 2 aliphatic heterocycles. The van der Waals surface area contributed by atoms with Crippen LogP contribution in [0.1, 0.15) is 12.0 Å². The third-order valence-electron chi connectivity index (χ3n) is 5.47. The number of para-hydroxylation sites is 2. The Balaban J connectivity index is 1.42. The van der Waals surface area contributed by atoms with Gasteiger partial charge in [0, 0.05) is 36.9 Å². The highest BCUT2D eigenvalue weighted by Gasteiger charge is 2.28. The minimum atomic E-state index is -0.0866. The fourth-order valence-electron chi connectivity index (χ4n) is 3.85. The molecule has 0 aromatic heterocycles. The molecule has 0 atom stereocenters. The molecule has 7 heteroatoms. The number of carbonyl (C=O) groups is 2. The lowest BCUT2D eigenvalue weighted by atomic mass is 10.1. The van der Waals surface area contributed by atoms with Gasteiger partial charge in [-0.3, -0.25) is 14.5 Å². The van der Waals surface area contributed by atoms with Gasteiger partial charge in [-0.1, -0.05) is 29.8 Å². The minimum Gasteiger partial charge on any atom is -0.491 e. The first-order chi connectivity index (χ1) is 14.0. The number of piperazine rings is 1. The van der Waals surface area contributed by atoms with E-state index in [1.54, 1.807) is 4.90 Å². The number of halogens is 1. The summed E-state index contributed by atoms with van der Waals surface area (Å²) in [5.41, 5.74) is 2.94. The maximum absolute atomic E-state index is 12.9. The maximum atomic E-state index is 12.9. The lowest BCUT2D eigenvalue weighted by Gasteiger charge is -2.37. The molecule has 0 N–H and O–H groups in total. The van der Waals surface area contributed by atoms with Crippen LogP contribution in [0.5, 0.6) is 5.75 Å². The molecule has 2 aromatic rings. The molecule has 0 radical (unpaired) electrons. The third-order valence-corrected chi connectivity index (χ3v) is 5.70. The van der Waals surface area contributed by atoms with E-state index in [0.717, 1.165) is 18.8 Å². The van der Waals surface area contributed by atoms with Crippen molar-refractivity contribution in [1.82, 2.24) is 4.90 Å². The Morgan fingerprint density at radius 3 is 2.62 bits per heavy atom. The SMILES string of the molecule is Cc1ccc(Cl)cc1N1CCN(C(=O)CN2C(=O)CCOc3ccccc32)CC1. The molecular formula is C22H24ClN3O3. The van der Waals surface area contributed by atoms with Gasteiger partial charge in [-0.15, -0.1) is 0 Å². The predicted octanol–water partition coefficient (Wildman–Crippen LogP) is 3.11. The molecule has 6 nitrogen and oxygen atoms in total. The smallest absolute Gasteiger partial charge is 0.242 e. The van der Waals surface area contributed by atoms with Crippen molar-refractivity contribution < 1.29 is 14.3 Å². The third kappa shape index (κ3) is 4.17. The summed E-state index contributed by atoms with van der Waals surface area (Å²) >= 11 is 6.15. The van der Waals surface area contributed by atoms with Gasteiger partial charge in [-0.05, 0) is 36.8 Å². The maximum Gasteiger partial charge on any atom is 0.242 e. The lowest BCUT2D eigenvalue weighted by Crippen LogP contribution is -2.52. The number of hydrogen-bond donors (Lipinski definition) is 0. The van der Waals surface area contributed by atoms with E-state index in [1.807, 2.05) is 47.4 Å². The molecule has 0 saturated carbocycles. The highest BCUT2D eigenvalue weighted by Crippen LogP contribution is 2.31. The number of hydrogen-bond acceptors (Lipinski definition) is 4. The molecule has 2 amide bonds. The summed E-state index contributed by atoms with van der Waals surface area (Å²) in [6.07, 6.45) is 0.268. The summed E-state index contributed by atoms with van der Waals surface area (Å²) in [7, 11) is 0. The van der Waals surface area contributed by atoms with Gasteiger partial charge in [0.25, 0.3) is 0 Å². The van der Waals surface area contributed by atoms with Crippen molar-refractivity contribution in [2.45, 2.75) is 13.3 Å². The van der Waals surface area contributed by atoms with Crippen LogP contribution in [-0.4, -0.2) is 56.0 Å². The number of amides is 2. The monoisotopic (exact) mass is 413 g/mol. The van der Waals surface area contributed by atoms with Gasteiger partial charge in [0.05, 0.1) is 18.7 Å². The predicted molar refractivity (Wildman–Crippen MR) is 114 cm³/mol. The number of rotatable bonds is 3. The van der Waals surface area contributed by atoms with E-state index in [9.17, 15) is 9.59 Å². The lowest BCUT2D eigenvalue weighted by molar-refractivity contribution is -0.131. The van der Waals surface area contributed by atoms with Crippen LogP contribution >= 0.6 is 11.6 Å². The number of benzene rings is 2. The number of nitrogens with zero attached hydrogens (tertiary/aromatic N) is 3. The van der Waals surface area contributed by atoms with Crippen LogP contribution in [0, 0.1) is 6.92 Å². The summed E-state index contributed by atoms with van der Waals surface area (Å²) in [5, 5.41) is 0.713. The van der Waals surface area contributed by atoms with E-state index in [0.29, 0.717) is 36.2 Å². The van der Waals surface area contributed by atoms with E-state index in [4.69, 9.17) is 16.3 Å². The zero-order valence-corrected chi connectivity index (χ0v) is 17.2. The van der Waals surface area contributed by atoms with Crippen LogP contribution in [0.25, 0.3) is 0 Å². The second-order valence-electron chi connectivity index (χ2n) is 7.34. The van der Waals surface area contributed by atoms with Gasteiger partial charge in [-0.25, -0.2) is 0 Å². The molecule has 29 heavy (non-hydrogen) atoms. The number of ether oxygens (including phenoxy) is 1. The minimum absolute atomic E-state index is 0.0371. The average molecular weight is 414 g/mol. The Morgan fingerprint density at radius 2 is 1.83 bits per heavy atom. The Morgan fingerprint density at radius 1 is 1.07 bits per heavy atom. The average Bonchev–Trinajstić information content (AvgIpc) is 2.89. The Labute approximate surface area is 175 Å². The van der Waals surface area contributed by atoms with E-state index < -0.39 is 0 Å². The van der Waals surface area contributed by atoms with Crippen molar-refractivity contribution in [3.8, 4) is 5.75 Å². The van der Waals surface area contributed by atoms with Gasteiger partial charge in [-0.2, -0.15) is 0 Å². The number of aryl methyl sites for hydroxylation is 1. The number of carbonyl (C=O) groups excluding carboxylic acids is 2. The highest BCUT2D eigenvalue weighted by atomic mass is 35.5. The molecule has 0 spiro atoms. The summed E-state index contributed by atoms with van der Waals surface area (Å²) in [6.45, 7) is 5.14. The van der Waals surface area contributed by atoms with Gasteiger partial charge in [0.1, 0.15) is 12.3 Å². The second-order valence-corrected chi connectivity index (χ2v) is 7.78. The van der Waals surface area contributed by atoms with E-state index in [-0.39, 0.29) is 24.8 Å². The first kappa shape index (κ1) is 19.6. The van der Waals surface area contributed by atoms with Crippen LogP contribution in [0.3, 0.4) is 0 Å². The van der Waals surface area contributed by atoms with Gasteiger partial charge in [0.2, 0.25) is 11.8 Å². The summed E-state index contributed by atoms with van der Waals surface area (Å²) in [5.74, 6) is 0.515. The normalized spacial score (nSPS) is 16.9. The molecule has 1 saturated heterocycles. The van der Waals surface area contributed by atoms with Gasteiger partial charge in [0.15, 0.2) is 0 Å². The largest absolute Gasteiger partial charge is 0.491 e. The first-order valence-corrected chi connectivity index (χ1v) is 10.2. The standard InChI is InChI=1S/C22H24ClN3O3/c1-16-6-7-17(23)14-19(16)24-9-11-25(12-10-24)22(28)15-26-18-4-2-3-5-20(18)29-13-8-21(26)27/h2-7,14H,8-13,15H2,1H3. The van der Waals surface area contributed by atoms with E-state index in [1.165, 1.54) is 5.56 Å². The van der Waals surface area contributed by atoms with Crippen LogP contribution in [-0.2, 0) is 9.59 Å². The molecule has 1 fully saturated rings. The molecule has 2 aliphatic rings. The van der Waals surface area contributed by atoms with Crippen molar-refractivity contribution in [1.29, 1.82) is 0 Å². The Bertz CT molecular complexity index is 925. The Kier molecular flexibility index (Phi) is 5.62.